The number of rotatable bonds is 3. The highest BCUT2D eigenvalue weighted by Crippen LogP contribution is 2.15. The molecular formula is C8H16N4. The molecule has 0 spiro atoms. The molecule has 3 N–H and O–H groups in total. The van der Waals surface area contributed by atoms with Crippen molar-refractivity contribution in [2.45, 2.75) is 26.3 Å². The molecule has 0 fully saturated rings. The van der Waals surface area contributed by atoms with Gasteiger partial charge in [-0.05, 0) is 13.3 Å². The molecule has 0 saturated carbocycles. The molecule has 1 rings (SSSR count). The second-order valence-corrected chi connectivity index (χ2v) is 2.95. The van der Waals surface area contributed by atoms with E-state index in [0.29, 0.717) is 0 Å². The van der Waals surface area contributed by atoms with Gasteiger partial charge in [-0.15, -0.1) is 0 Å². The van der Waals surface area contributed by atoms with Crippen molar-refractivity contribution in [3.8, 4) is 0 Å². The lowest BCUT2D eigenvalue weighted by Gasteiger charge is -2.08. The maximum Gasteiger partial charge on any atom is 0.0669 e. The van der Waals surface area contributed by atoms with Crippen LogP contribution in [0.25, 0.3) is 0 Å². The Morgan fingerprint density at radius 3 is 2.92 bits per heavy atom. The molecule has 4 nitrogen and oxygen atoms in total. The van der Waals surface area contributed by atoms with Gasteiger partial charge in [0.1, 0.15) is 0 Å². The van der Waals surface area contributed by atoms with Gasteiger partial charge in [-0.1, -0.05) is 6.92 Å². The van der Waals surface area contributed by atoms with E-state index in [4.69, 9.17) is 5.84 Å². The van der Waals surface area contributed by atoms with Crippen LogP contribution in [0.5, 0.6) is 0 Å². The lowest BCUT2D eigenvalue weighted by Crippen LogP contribution is -2.26. The van der Waals surface area contributed by atoms with Gasteiger partial charge < -0.3 is 0 Å². The van der Waals surface area contributed by atoms with E-state index < -0.39 is 0 Å². The first-order valence-corrected chi connectivity index (χ1v) is 4.17. The Morgan fingerprint density at radius 1 is 1.75 bits per heavy atom. The molecule has 1 aromatic rings. The van der Waals surface area contributed by atoms with Crippen molar-refractivity contribution in [1.29, 1.82) is 0 Å². The average molecular weight is 168 g/mol. The normalized spacial score (nSPS) is 13.3. The van der Waals surface area contributed by atoms with E-state index in [0.717, 1.165) is 12.1 Å². The van der Waals surface area contributed by atoms with E-state index >= 15 is 0 Å². The van der Waals surface area contributed by atoms with E-state index in [1.807, 2.05) is 24.9 Å². The van der Waals surface area contributed by atoms with Crippen LogP contribution in [0.3, 0.4) is 0 Å². The zero-order valence-electron chi connectivity index (χ0n) is 7.83. The number of nitrogens with two attached hydrogens (primary N) is 1. The number of nitrogens with one attached hydrogen (secondary N) is 1. The van der Waals surface area contributed by atoms with Crippen LogP contribution in [0.15, 0.2) is 6.20 Å². The zero-order chi connectivity index (χ0) is 9.14. The van der Waals surface area contributed by atoms with Crippen molar-refractivity contribution in [3.63, 3.8) is 0 Å². The Bertz CT molecular complexity index is 254. The molecule has 1 heterocycles. The van der Waals surface area contributed by atoms with Gasteiger partial charge in [0.05, 0.1) is 5.69 Å². The van der Waals surface area contributed by atoms with E-state index in [1.165, 1.54) is 5.56 Å². The fourth-order valence-electron chi connectivity index (χ4n) is 1.28. The summed E-state index contributed by atoms with van der Waals surface area (Å²) in [4.78, 5) is 0. The quantitative estimate of drug-likeness (QED) is 0.510. The summed E-state index contributed by atoms with van der Waals surface area (Å²) in [6, 6.07) is 0.175. The average Bonchev–Trinajstić information content (AvgIpc) is 2.45. The molecular weight excluding hydrogens is 152 g/mol. The van der Waals surface area contributed by atoms with Gasteiger partial charge in [-0.3, -0.25) is 16.0 Å². The lowest BCUT2D eigenvalue weighted by molar-refractivity contribution is 0.597. The summed E-state index contributed by atoms with van der Waals surface area (Å²) in [6.07, 6.45) is 2.95. The molecule has 1 atom stereocenters. The van der Waals surface area contributed by atoms with Crippen LogP contribution in [0.1, 0.15) is 31.1 Å². The van der Waals surface area contributed by atoms with Crippen LogP contribution >= 0.6 is 0 Å². The molecule has 0 radical (unpaired) electrons. The second kappa shape index (κ2) is 3.69. The van der Waals surface area contributed by atoms with E-state index in [1.54, 1.807) is 0 Å². The third kappa shape index (κ3) is 1.65. The summed E-state index contributed by atoms with van der Waals surface area (Å²) in [5, 5.41) is 4.32. The van der Waals surface area contributed by atoms with E-state index in [-0.39, 0.29) is 6.04 Å². The van der Waals surface area contributed by atoms with Gasteiger partial charge in [0.2, 0.25) is 0 Å². The summed E-state index contributed by atoms with van der Waals surface area (Å²) in [5.74, 6) is 5.35. The number of hydrogen-bond donors (Lipinski definition) is 2. The minimum absolute atomic E-state index is 0.175. The molecule has 0 amide bonds. The third-order valence-corrected chi connectivity index (χ3v) is 1.99. The Hall–Kier alpha value is -0.870. The van der Waals surface area contributed by atoms with Gasteiger partial charge in [-0.2, -0.15) is 5.10 Å². The molecule has 0 aliphatic heterocycles. The topological polar surface area (TPSA) is 55.9 Å². The first-order valence-electron chi connectivity index (χ1n) is 4.17. The fraction of sp³-hybridized carbons (Fsp3) is 0.625. The smallest absolute Gasteiger partial charge is 0.0669 e. The van der Waals surface area contributed by atoms with Crippen molar-refractivity contribution < 1.29 is 0 Å². The lowest BCUT2D eigenvalue weighted by atomic mass is 10.1. The van der Waals surface area contributed by atoms with E-state index in [2.05, 4.69) is 17.4 Å². The Kier molecular flexibility index (Phi) is 2.83. The van der Waals surface area contributed by atoms with Crippen LogP contribution in [0, 0.1) is 0 Å². The van der Waals surface area contributed by atoms with Crippen molar-refractivity contribution >= 4 is 0 Å². The van der Waals surface area contributed by atoms with Crippen LogP contribution < -0.4 is 11.3 Å². The van der Waals surface area contributed by atoms with Crippen LogP contribution in [0.2, 0.25) is 0 Å². The third-order valence-electron chi connectivity index (χ3n) is 1.99. The SMILES string of the molecule is CCc1nn(C)cc1C(C)NN. The van der Waals surface area contributed by atoms with Crippen LogP contribution in [-0.2, 0) is 13.5 Å². The van der Waals surface area contributed by atoms with Crippen molar-refractivity contribution in [2.24, 2.45) is 12.9 Å². The number of nitrogens with zero attached hydrogens (tertiary/aromatic N) is 2. The number of hydrazine groups is 1. The molecule has 68 valence electrons. The van der Waals surface area contributed by atoms with Gasteiger partial charge >= 0.3 is 0 Å². The summed E-state index contributed by atoms with van der Waals surface area (Å²) < 4.78 is 1.82. The highest BCUT2D eigenvalue weighted by Gasteiger charge is 2.10. The van der Waals surface area contributed by atoms with Gasteiger partial charge in [0.25, 0.3) is 0 Å². The van der Waals surface area contributed by atoms with Gasteiger partial charge in [0, 0.05) is 24.8 Å². The summed E-state index contributed by atoms with van der Waals surface area (Å²) in [7, 11) is 1.92. The first-order chi connectivity index (χ1) is 5.69. The number of aryl methyl sites for hydroxylation is 2. The van der Waals surface area contributed by atoms with Crippen LogP contribution in [0.4, 0.5) is 0 Å². The van der Waals surface area contributed by atoms with Gasteiger partial charge in [-0.25, -0.2) is 0 Å². The van der Waals surface area contributed by atoms with Crippen LogP contribution in [-0.4, -0.2) is 9.78 Å². The predicted octanol–water partition coefficient (Wildman–Crippen LogP) is 0.507. The summed E-state index contributed by atoms with van der Waals surface area (Å²) in [5.41, 5.74) is 5.01. The summed E-state index contributed by atoms with van der Waals surface area (Å²) >= 11 is 0. The van der Waals surface area contributed by atoms with Gasteiger partial charge in [0.15, 0.2) is 0 Å². The minimum atomic E-state index is 0.175. The largest absolute Gasteiger partial charge is 0.275 e. The van der Waals surface area contributed by atoms with Crippen molar-refractivity contribution in [2.75, 3.05) is 0 Å². The Labute approximate surface area is 72.7 Å². The van der Waals surface area contributed by atoms with Crippen molar-refractivity contribution in [1.82, 2.24) is 15.2 Å². The molecule has 12 heavy (non-hydrogen) atoms. The Balaban J connectivity index is 2.96. The predicted molar refractivity (Wildman–Crippen MR) is 48.3 cm³/mol. The molecule has 0 bridgehead atoms. The molecule has 0 aliphatic carbocycles. The molecule has 0 aliphatic rings. The molecule has 1 aromatic heterocycles. The minimum Gasteiger partial charge on any atom is -0.275 e. The molecule has 0 saturated heterocycles. The standard InChI is InChI=1S/C8H16N4/c1-4-8-7(6(2)10-9)5-12(3)11-8/h5-6,10H,4,9H2,1-3H3. The zero-order valence-corrected chi connectivity index (χ0v) is 7.83. The first kappa shape index (κ1) is 9.22. The number of aromatic nitrogens is 2. The molecule has 0 aromatic carbocycles. The monoisotopic (exact) mass is 168 g/mol. The maximum absolute atomic E-state index is 5.35. The number of hydrogen-bond acceptors (Lipinski definition) is 3. The molecule has 4 heteroatoms. The highest BCUT2D eigenvalue weighted by molar-refractivity contribution is 5.20. The maximum atomic E-state index is 5.35. The van der Waals surface area contributed by atoms with E-state index in [9.17, 15) is 0 Å². The second-order valence-electron chi connectivity index (χ2n) is 2.95. The summed E-state index contributed by atoms with van der Waals surface area (Å²) in [6.45, 7) is 4.12. The van der Waals surface area contributed by atoms with Crippen molar-refractivity contribution in [3.05, 3.63) is 17.5 Å². The Morgan fingerprint density at radius 2 is 2.42 bits per heavy atom. The molecule has 1 unspecified atom stereocenters. The highest BCUT2D eigenvalue weighted by atomic mass is 15.3. The fourth-order valence-corrected chi connectivity index (χ4v) is 1.28.